The highest BCUT2D eigenvalue weighted by Gasteiger charge is 2.49. The number of aromatic amines is 2. The highest BCUT2D eigenvalue weighted by molar-refractivity contribution is 6.08. The predicted octanol–water partition coefficient (Wildman–Crippen LogP) is 1.63. The second-order valence-electron chi connectivity index (χ2n) is 7.35. The third kappa shape index (κ3) is 2.46. The Morgan fingerprint density at radius 2 is 2.11 bits per heavy atom. The summed E-state index contributed by atoms with van der Waals surface area (Å²) in [5.74, 6) is 0.164. The van der Waals surface area contributed by atoms with Crippen molar-refractivity contribution in [2.75, 3.05) is 32.8 Å². The average molecular weight is 371 g/mol. The molecule has 1 unspecified atom stereocenters. The number of aliphatic carboxylic acids is 1. The molecule has 2 saturated heterocycles. The van der Waals surface area contributed by atoms with Crippen molar-refractivity contribution in [3.05, 3.63) is 18.5 Å². The van der Waals surface area contributed by atoms with Crippen LogP contribution in [0.25, 0.3) is 21.9 Å². The molecule has 9 heteroatoms. The number of nitrogens with one attached hydrogen (secondary N) is 2. The molecule has 3 aromatic rings. The van der Waals surface area contributed by atoms with Crippen LogP contribution >= 0.6 is 0 Å². The van der Waals surface area contributed by atoms with E-state index in [1.54, 1.807) is 12.4 Å². The predicted molar refractivity (Wildman–Crippen MR) is 100 cm³/mol. The van der Waals surface area contributed by atoms with Gasteiger partial charge in [-0.05, 0) is 25.3 Å². The van der Waals surface area contributed by atoms with Crippen molar-refractivity contribution >= 4 is 33.7 Å². The monoisotopic (exact) mass is 371 g/mol. The maximum absolute atomic E-state index is 12.0. The van der Waals surface area contributed by atoms with Crippen molar-refractivity contribution in [3.8, 4) is 0 Å². The fourth-order valence-corrected chi connectivity index (χ4v) is 4.71. The van der Waals surface area contributed by atoms with E-state index in [0.717, 1.165) is 48.0 Å². The molecule has 9 nitrogen and oxygen atoms in total. The van der Waals surface area contributed by atoms with E-state index in [0.29, 0.717) is 23.4 Å². The zero-order chi connectivity index (χ0) is 18.4. The number of hydrogen-bond donors (Lipinski definition) is 3. The first-order valence-electron chi connectivity index (χ1n) is 9.46. The van der Waals surface area contributed by atoms with Crippen molar-refractivity contribution in [3.63, 3.8) is 0 Å². The summed E-state index contributed by atoms with van der Waals surface area (Å²) < 4.78 is 6.01. The number of fused-ring (bicyclic) bond motifs is 3. The Balaban J connectivity index is 1.73. The van der Waals surface area contributed by atoms with Gasteiger partial charge in [-0.2, -0.15) is 4.59 Å². The number of quaternary nitrogens is 1. The first-order valence-corrected chi connectivity index (χ1v) is 9.46. The number of morpholine rings is 1. The van der Waals surface area contributed by atoms with Gasteiger partial charge >= 0.3 is 5.97 Å². The standard InChI is InChI=1S/C18H22N6O3/c25-18(26)14-11-27-9-6-23(14)24(7-2-1-3-8-24)17-15-12-4-5-19-16(12)20-10-13(15)21-22-17/h4-5,10,14H,1-3,6-9,11H2,(H2-,19,20,21,22,25,26)/p+1. The van der Waals surface area contributed by atoms with Gasteiger partial charge in [-0.1, -0.05) is 0 Å². The minimum atomic E-state index is -0.834. The van der Waals surface area contributed by atoms with Crippen LogP contribution in [0.3, 0.4) is 0 Å². The smallest absolute Gasteiger partial charge is 0.328 e. The van der Waals surface area contributed by atoms with Crippen LogP contribution < -0.4 is 4.59 Å². The lowest BCUT2D eigenvalue weighted by Gasteiger charge is -2.49. The molecule has 2 aliphatic rings. The first kappa shape index (κ1) is 16.7. The molecule has 0 bridgehead atoms. The van der Waals surface area contributed by atoms with Crippen LogP contribution in [0.2, 0.25) is 0 Å². The lowest BCUT2D eigenvalue weighted by Crippen LogP contribution is -2.71. The Bertz CT molecular complexity index is 989. The molecule has 5 rings (SSSR count). The number of carboxylic acids is 1. The molecule has 0 radical (unpaired) electrons. The minimum absolute atomic E-state index is 0.215. The summed E-state index contributed by atoms with van der Waals surface area (Å²) in [6.07, 6.45) is 6.83. The number of carbonyl (C=O) groups is 1. The number of hydrogen-bond acceptors (Lipinski definition) is 5. The fourth-order valence-electron chi connectivity index (χ4n) is 4.71. The number of nitrogens with zero attached hydrogens (tertiary/aromatic N) is 4. The number of aromatic nitrogens is 4. The van der Waals surface area contributed by atoms with Crippen LogP contribution in [-0.2, 0) is 9.53 Å². The van der Waals surface area contributed by atoms with Crippen LogP contribution in [0.5, 0.6) is 0 Å². The molecule has 2 aliphatic heterocycles. The lowest BCUT2D eigenvalue weighted by molar-refractivity contribution is -0.171. The van der Waals surface area contributed by atoms with Crippen molar-refractivity contribution in [2.45, 2.75) is 25.3 Å². The summed E-state index contributed by atoms with van der Waals surface area (Å²) in [5.41, 5.74) is 1.62. The normalized spacial score (nSPS) is 23.8. The summed E-state index contributed by atoms with van der Waals surface area (Å²) in [6, 6.07) is 1.31. The number of piperidine rings is 1. The zero-order valence-electron chi connectivity index (χ0n) is 15.0. The van der Waals surface area contributed by atoms with Crippen LogP contribution in [0, 0.1) is 0 Å². The highest BCUT2D eigenvalue weighted by atomic mass is 16.5. The van der Waals surface area contributed by atoms with E-state index in [2.05, 4.69) is 25.2 Å². The Hall–Kier alpha value is -2.49. The number of ether oxygens (including phenoxy) is 1. The molecular formula is C18H23N6O3+. The van der Waals surface area contributed by atoms with Gasteiger partial charge in [-0.3, -0.25) is 15.0 Å². The van der Waals surface area contributed by atoms with Gasteiger partial charge in [-0.25, -0.2) is 9.97 Å². The molecule has 27 heavy (non-hydrogen) atoms. The van der Waals surface area contributed by atoms with Crippen molar-refractivity contribution < 1.29 is 14.6 Å². The summed E-state index contributed by atoms with van der Waals surface area (Å²) in [6.45, 7) is 3.08. The van der Waals surface area contributed by atoms with Crippen LogP contribution in [0.1, 0.15) is 19.3 Å². The summed E-state index contributed by atoms with van der Waals surface area (Å²) in [5, 5.41) is 20.6. The lowest BCUT2D eigenvalue weighted by atomic mass is 10.1. The molecule has 0 saturated carbocycles. The molecule has 0 amide bonds. The topological polar surface area (TPSA) is 107 Å². The molecular weight excluding hydrogens is 348 g/mol. The molecule has 0 spiro atoms. The van der Waals surface area contributed by atoms with Gasteiger partial charge in [0.15, 0.2) is 11.7 Å². The Kier molecular flexibility index (Phi) is 3.88. The molecule has 142 valence electrons. The van der Waals surface area contributed by atoms with Crippen LogP contribution in [0.4, 0.5) is 5.82 Å². The van der Waals surface area contributed by atoms with Gasteiger partial charge in [0.05, 0.1) is 36.9 Å². The van der Waals surface area contributed by atoms with Gasteiger partial charge in [0.25, 0.3) is 0 Å². The number of rotatable bonds is 3. The van der Waals surface area contributed by atoms with E-state index >= 15 is 0 Å². The summed E-state index contributed by atoms with van der Waals surface area (Å²) >= 11 is 0. The Morgan fingerprint density at radius 3 is 2.93 bits per heavy atom. The second kappa shape index (κ2) is 6.29. The van der Waals surface area contributed by atoms with Gasteiger partial charge in [-0.15, -0.1) is 5.01 Å². The van der Waals surface area contributed by atoms with E-state index in [9.17, 15) is 9.90 Å². The van der Waals surface area contributed by atoms with E-state index < -0.39 is 12.0 Å². The van der Waals surface area contributed by atoms with Crippen LogP contribution in [0.15, 0.2) is 18.5 Å². The Labute approximate surface area is 155 Å². The van der Waals surface area contributed by atoms with E-state index in [1.807, 2.05) is 6.07 Å². The van der Waals surface area contributed by atoms with Gasteiger partial charge in [0.1, 0.15) is 13.1 Å². The SMILES string of the molecule is O=C(O)C1COCCN1[N+]1(c2[nH][nH]c3cnc4nccc4c23)CCCCC1. The quantitative estimate of drug-likeness (QED) is 0.604. The van der Waals surface area contributed by atoms with E-state index in [4.69, 9.17) is 4.74 Å². The second-order valence-corrected chi connectivity index (χ2v) is 7.35. The van der Waals surface area contributed by atoms with Crippen molar-refractivity contribution in [1.29, 1.82) is 0 Å². The maximum Gasteiger partial charge on any atom is 0.328 e. The van der Waals surface area contributed by atoms with E-state index in [-0.39, 0.29) is 6.61 Å². The molecule has 0 aliphatic carbocycles. The molecule has 0 aromatic carbocycles. The zero-order valence-corrected chi connectivity index (χ0v) is 15.0. The van der Waals surface area contributed by atoms with Crippen LogP contribution in [-0.4, -0.2) is 75.1 Å². The summed E-state index contributed by atoms with van der Waals surface area (Å²) in [7, 11) is 0. The molecule has 3 aromatic heterocycles. The minimum Gasteiger partial charge on any atom is -0.480 e. The summed E-state index contributed by atoms with van der Waals surface area (Å²) in [4.78, 5) is 20.7. The van der Waals surface area contributed by atoms with E-state index in [1.165, 1.54) is 6.42 Å². The number of pyridine rings is 1. The fraction of sp³-hybridized carbons (Fsp3) is 0.500. The average Bonchev–Trinajstić information content (AvgIpc) is 3.35. The van der Waals surface area contributed by atoms with Crippen molar-refractivity contribution in [2.24, 2.45) is 0 Å². The van der Waals surface area contributed by atoms with Gasteiger partial charge in [0.2, 0.25) is 5.82 Å². The van der Waals surface area contributed by atoms with Gasteiger partial charge < -0.3 is 9.84 Å². The number of carboxylic acid groups (broad SMARTS) is 1. The number of H-pyrrole nitrogens is 2. The molecule has 1 atom stereocenters. The largest absolute Gasteiger partial charge is 0.480 e. The molecule has 2 fully saturated rings. The Morgan fingerprint density at radius 1 is 1.26 bits per heavy atom. The highest BCUT2D eigenvalue weighted by Crippen LogP contribution is 2.39. The first-order chi connectivity index (χ1) is 13.2. The third-order valence-electron chi connectivity index (χ3n) is 5.94. The molecule has 3 N–H and O–H groups in total. The maximum atomic E-state index is 12.0. The third-order valence-corrected chi connectivity index (χ3v) is 5.94. The van der Waals surface area contributed by atoms with Crippen molar-refractivity contribution in [1.82, 2.24) is 29.8 Å². The molecule has 5 heterocycles. The van der Waals surface area contributed by atoms with Gasteiger partial charge in [0, 0.05) is 11.6 Å².